The van der Waals surface area contributed by atoms with E-state index in [-0.39, 0.29) is 5.82 Å². The minimum absolute atomic E-state index is 0.263. The standard InChI is InChI=1S/C12H10BrFOS2/c13-12-5-10(6-16-12)8-17(15)7-9-1-3-11(14)4-2-9/h1-6H,7-8H2/t17-/m1/s1. The summed E-state index contributed by atoms with van der Waals surface area (Å²) in [5, 5.41) is 1.99. The van der Waals surface area contributed by atoms with Crippen molar-refractivity contribution < 1.29 is 8.60 Å². The lowest BCUT2D eigenvalue weighted by Gasteiger charge is -2.01. The van der Waals surface area contributed by atoms with Crippen LogP contribution in [0.2, 0.25) is 0 Å². The number of hydrogen-bond donors (Lipinski definition) is 0. The molecule has 1 aromatic carbocycles. The fraction of sp³-hybridized carbons (Fsp3) is 0.167. The average molecular weight is 333 g/mol. The highest BCUT2D eigenvalue weighted by Gasteiger charge is 2.05. The molecule has 0 aliphatic rings. The molecule has 0 aliphatic heterocycles. The van der Waals surface area contributed by atoms with Gasteiger partial charge < -0.3 is 0 Å². The maximum Gasteiger partial charge on any atom is 0.123 e. The van der Waals surface area contributed by atoms with Crippen molar-refractivity contribution >= 4 is 38.1 Å². The fourth-order valence-corrected chi connectivity index (χ4v) is 3.94. The van der Waals surface area contributed by atoms with Crippen molar-refractivity contribution in [3.8, 4) is 0 Å². The van der Waals surface area contributed by atoms with E-state index in [2.05, 4.69) is 15.9 Å². The van der Waals surface area contributed by atoms with Gasteiger partial charge in [0.15, 0.2) is 0 Å². The third-order valence-corrected chi connectivity index (χ3v) is 5.05. The highest BCUT2D eigenvalue weighted by atomic mass is 79.9. The zero-order valence-corrected chi connectivity index (χ0v) is 12.1. The first-order valence-electron chi connectivity index (χ1n) is 4.96. The number of benzene rings is 1. The van der Waals surface area contributed by atoms with Gasteiger partial charge in [-0.05, 0) is 50.6 Å². The van der Waals surface area contributed by atoms with E-state index >= 15 is 0 Å². The lowest BCUT2D eigenvalue weighted by molar-refractivity contribution is 0.627. The quantitative estimate of drug-likeness (QED) is 0.823. The summed E-state index contributed by atoms with van der Waals surface area (Å²) in [6.45, 7) is 0. The molecule has 1 aromatic heterocycles. The Labute approximate surface area is 114 Å². The minimum Gasteiger partial charge on any atom is -0.259 e. The highest BCUT2D eigenvalue weighted by Crippen LogP contribution is 2.22. The maximum atomic E-state index is 12.7. The molecule has 17 heavy (non-hydrogen) atoms. The molecule has 1 atom stereocenters. The summed E-state index contributed by atoms with van der Waals surface area (Å²) < 4.78 is 25.6. The van der Waals surface area contributed by atoms with Gasteiger partial charge >= 0.3 is 0 Å². The fourth-order valence-electron chi connectivity index (χ4n) is 1.42. The first-order chi connectivity index (χ1) is 8.13. The maximum absolute atomic E-state index is 12.7. The van der Waals surface area contributed by atoms with Gasteiger partial charge in [-0.3, -0.25) is 4.21 Å². The van der Waals surface area contributed by atoms with Crippen LogP contribution in [0.25, 0.3) is 0 Å². The first kappa shape index (κ1) is 12.9. The van der Waals surface area contributed by atoms with E-state index in [4.69, 9.17) is 0 Å². The average Bonchev–Trinajstić information content (AvgIpc) is 2.67. The molecule has 0 saturated heterocycles. The van der Waals surface area contributed by atoms with Crippen molar-refractivity contribution in [2.75, 3.05) is 0 Å². The normalized spacial score (nSPS) is 12.6. The molecule has 1 nitrogen and oxygen atoms in total. The predicted molar refractivity (Wildman–Crippen MR) is 74.0 cm³/mol. The zero-order valence-electron chi connectivity index (χ0n) is 8.86. The van der Waals surface area contributed by atoms with Crippen LogP contribution in [0.1, 0.15) is 11.1 Å². The predicted octanol–water partition coefficient (Wildman–Crippen LogP) is 4.10. The Balaban J connectivity index is 1.95. The van der Waals surface area contributed by atoms with Crippen LogP contribution in [-0.2, 0) is 22.3 Å². The molecule has 0 N–H and O–H groups in total. The van der Waals surface area contributed by atoms with Crippen LogP contribution in [0.5, 0.6) is 0 Å². The van der Waals surface area contributed by atoms with Gasteiger partial charge in [-0.15, -0.1) is 11.3 Å². The Morgan fingerprint density at radius 1 is 1.18 bits per heavy atom. The number of halogens is 2. The molecular formula is C12H10BrFOS2. The van der Waals surface area contributed by atoms with Crippen LogP contribution in [0.3, 0.4) is 0 Å². The van der Waals surface area contributed by atoms with E-state index in [1.54, 1.807) is 23.5 Å². The van der Waals surface area contributed by atoms with Crippen molar-refractivity contribution in [3.63, 3.8) is 0 Å². The molecule has 0 saturated carbocycles. The second-order valence-corrected chi connectivity index (χ2v) is 7.36. The molecule has 0 spiro atoms. The second kappa shape index (κ2) is 5.89. The molecule has 0 bridgehead atoms. The van der Waals surface area contributed by atoms with Gasteiger partial charge in [-0.2, -0.15) is 0 Å². The molecule has 90 valence electrons. The van der Waals surface area contributed by atoms with Gasteiger partial charge in [0.25, 0.3) is 0 Å². The third-order valence-electron chi connectivity index (χ3n) is 2.19. The molecule has 0 unspecified atom stereocenters. The first-order valence-corrected chi connectivity index (χ1v) is 8.12. The Hall–Kier alpha value is -0.520. The van der Waals surface area contributed by atoms with Crippen LogP contribution in [0.15, 0.2) is 39.5 Å². The molecule has 0 aliphatic carbocycles. The Morgan fingerprint density at radius 2 is 1.82 bits per heavy atom. The molecule has 0 amide bonds. The van der Waals surface area contributed by atoms with E-state index in [0.29, 0.717) is 11.5 Å². The molecule has 0 radical (unpaired) electrons. The largest absolute Gasteiger partial charge is 0.259 e. The van der Waals surface area contributed by atoms with Crippen molar-refractivity contribution in [2.24, 2.45) is 0 Å². The van der Waals surface area contributed by atoms with E-state index in [1.165, 1.54) is 12.1 Å². The van der Waals surface area contributed by atoms with E-state index < -0.39 is 10.8 Å². The molecule has 2 aromatic rings. The van der Waals surface area contributed by atoms with Crippen LogP contribution in [0.4, 0.5) is 4.39 Å². The summed E-state index contributed by atoms with van der Waals surface area (Å²) in [6.07, 6.45) is 0. The SMILES string of the molecule is O=[S@](Cc1ccc(F)cc1)Cc1csc(Br)c1. The van der Waals surface area contributed by atoms with E-state index in [0.717, 1.165) is 14.9 Å². The Morgan fingerprint density at radius 3 is 2.41 bits per heavy atom. The van der Waals surface area contributed by atoms with E-state index in [9.17, 15) is 8.60 Å². The lowest BCUT2D eigenvalue weighted by Crippen LogP contribution is -1.98. The number of thiophene rings is 1. The van der Waals surface area contributed by atoms with E-state index in [1.807, 2.05) is 11.4 Å². The molecular weight excluding hydrogens is 323 g/mol. The minimum atomic E-state index is -0.952. The number of hydrogen-bond acceptors (Lipinski definition) is 2. The zero-order chi connectivity index (χ0) is 12.3. The summed E-state index contributed by atoms with van der Waals surface area (Å²) in [5.41, 5.74) is 1.97. The summed E-state index contributed by atoms with van der Waals surface area (Å²) >= 11 is 4.96. The van der Waals surface area contributed by atoms with Gasteiger partial charge in [0, 0.05) is 22.3 Å². The second-order valence-electron chi connectivity index (χ2n) is 3.61. The van der Waals surface area contributed by atoms with Crippen molar-refractivity contribution in [1.29, 1.82) is 0 Å². The van der Waals surface area contributed by atoms with Crippen LogP contribution < -0.4 is 0 Å². The van der Waals surface area contributed by atoms with Gasteiger partial charge in [-0.25, -0.2) is 4.39 Å². The smallest absolute Gasteiger partial charge is 0.123 e. The Kier molecular flexibility index (Phi) is 4.48. The molecule has 1 heterocycles. The lowest BCUT2D eigenvalue weighted by atomic mass is 10.2. The van der Waals surface area contributed by atoms with Gasteiger partial charge in [0.1, 0.15) is 5.82 Å². The number of rotatable bonds is 4. The van der Waals surface area contributed by atoms with Crippen molar-refractivity contribution in [1.82, 2.24) is 0 Å². The summed E-state index contributed by atoms with van der Waals surface area (Å²) in [4.78, 5) is 0. The topological polar surface area (TPSA) is 17.1 Å². The van der Waals surface area contributed by atoms with Crippen molar-refractivity contribution in [3.05, 3.63) is 56.4 Å². The van der Waals surface area contributed by atoms with Gasteiger partial charge in [0.2, 0.25) is 0 Å². The third kappa shape index (κ3) is 4.01. The monoisotopic (exact) mass is 332 g/mol. The Bertz CT molecular complexity index is 522. The van der Waals surface area contributed by atoms with Crippen molar-refractivity contribution in [2.45, 2.75) is 11.5 Å². The van der Waals surface area contributed by atoms with Crippen LogP contribution >= 0.6 is 27.3 Å². The molecule has 5 heteroatoms. The summed E-state index contributed by atoms with van der Waals surface area (Å²) in [5.74, 6) is 0.744. The molecule has 0 fully saturated rings. The van der Waals surface area contributed by atoms with Crippen LogP contribution in [-0.4, -0.2) is 4.21 Å². The van der Waals surface area contributed by atoms with Crippen LogP contribution in [0, 0.1) is 5.82 Å². The molecule has 2 rings (SSSR count). The van der Waals surface area contributed by atoms with Gasteiger partial charge in [0.05, 0.1) is 3.79 Å². The highest BCUT2D eigenvalue weighted by molar-refractivity contribution is 9.11. The van der Waals surface area contributed by atoms with Gasteiger partial charge in [-0.1, -0.05) is 12.1 Å². The summed E-state index contributed by atoms with van der Waals surface area (Å²) in [6, 6.07) is 8.13. The summed E-state index contributed by atoms with van der Waals surface area (Å²) in [7, 11) is -0.952.